The number of hydrogen-bond acceptors (Lipinski definition) is 3. The SMILES string of the molecule is CCCCCCCCSc1ccc(C#Cc2ccc([N+](=O)[O-])cc2)cc1. The monoisotopic (exact) mass is 367 g/mol. The summed E-state index contributed by atoms with van der Waals surface area (Å²) in [7, 11) is 0. The van der Waals surface area contributed by atoms with Gasteiger partial charge in [-0.25, -0.2) is 0 Å². The summed E-state index contributed by atoms with van der Waals surface area (Å²) in [5.41, 5.74) is 1.81. The topological polar surface area (TPSA) is 43.1 Å². The smallest absolute Gasteiger partial charge is 0.258 e. The number of nitro benzene ring substituents is 1. The van der Waals surface area contributed by atoms with E-state index in [0.29, 0.717) is 0 Å². The van der Waals surface area contributed by atoms with Crippen LogP contribution in [0.1, 0.15) is 56.6 Å². The van der Waals surface area contributed by atoms with Crippen LogP contribution in [0.4, 0.5) is 5.69 Å². The lowest BCUT2D eigenvalue weighted by Gasteiger charge is -2.02. The molecule has 0 N–H and O–H groups in total. The molecule has 0 aliphatic carbocycles. The Morgan fingerprint density at radius 1 is 0.846 bits per heavy atom. The molecule has 26 heavy (non-hydrogen) atoms. The van der Waals surface area contributed by atoms with Gasteiger partial charge in [-0.05, 0) is 48.6 Å². The first-order valence-electron chi connectivity index (χ1n) is 9.18. The van der Waals surface area contributed by atoms with Crippen LogP contribution in [-0.2, 0) is 0 Å². The Bertz CT molecular complexity index is 742. The molecule has 0 aliphatic heterocycles. The van der Waals surface area contributed by atoms with Crippen LogP contribution in [0.5, 0.6) is 0 Å². The van der Waals surface area contributed by atoms with Crippen LogP contribution < -0.4 is 0 Å². The normalized spacial score (nSPS) is 10.2. The lowest BCUT2D eigenvalue weighted by Crippen LogP contribution is -1.87. The van der Waals surface area contributed by atoms with Gasteiger partial charge in [0.2, 0.25) is 0 Å². The van der Waals surface area contributed by atoms with E-state index in [9.17, 15) is 10.1 Å². The van der Waals surface area contributed by atoms with Crippen LogP contribution in [0.3, 0.4) is 0 Å². The molecule has 0 radical (unpaired) electrons. The Kier molecular flexibility index (Phi) is 8.78. The highest BCUT2D eigenvalue weighted by Gasteiger charge is 2.02. The molecule has 0 saturated heterocycles. The van der Waals surface area contributed by atoms with Gasteiger partial charge in [0.25, 0.3) is 5.69 Å². The molecule has 0 spiro atoms. The minimum absolute atomic E-state index is 0.0855. The fraction of sp³-hybridized carbons (Fsp3) is 0.364. The zero-order chi connectivity index (χ0) is 18.6. The Balaban J connectivity index is 1.78. The predicted molar refractivity (Wildman–Crippen MR) is 110 cm³/mol. The minimum atomic E-state index is -0.404. The Labute approximate surface area is 160 Å². The fourth-order valence-corrected chi connectivity index (χ4v) is 3.43. The average molecular weight is 368 g/mol. The summed E-state index contributed by atoms with van der Waals surface area (Å²) in [5, 5.41) is 10.6. The fourth-order valence-electron chi connectivity index (χ4n) is 2.52. The number of benzene rings is 2. The van der Waals surface area contributed by atoms with E-state index in [0.717, 1.165) is 11.1 Å². The van der Waals surface area contributed by atoms with Gasteiger partial charge in [0, 0.05) is 28.2 Å². The van der Waals surface area contributed by atoms with Crippen LogP contribution in [0, 0.1) is 22.0 Å². The van der Waals surface area contributed by atoms with Crippen molar-refractivity contribution >= 4 is 17.4 Å². The van der Waals surface area contributed by atoms with Crippen molar-refractivity contribution < 1.29 is 4.92 Å². The van der Waals surface area contributed by atoms with Crippen molar-refractivity contribution in [2.24, 2.45) is 0 Å². The van der Waals surface area contributed by atoms with Crippen molar-refractivity contribution in [2.45, 2.75) is 50.3 Å². The van der Waals surface area contributed by atoms with E-state index in [-0.39, 0.29) is 5.69 Å². The maximum absolute atomic E-state index is 10.6. The number of nitrogens with zero attached hydrogens (tertiary/aromatic N) is 1. The first-order chi connectivity index (χ1) is 12.7. The van der Waals surface area contributed by atoms with Gasteiger partial charge in [-0.3, -0.25) is 10.1 Å². The third-order valence-electron chi connectivity index (χ3n) is 4.05. The molecule has 136 valence electrons. The minimum Gasteiger partial charge on any atom is -0.258 e. The van der Waals surface area contributed by atoms with Crippen molar-refractivity contribution in [1.29, 1.82) is 0 Å². The molecule has 0 saturated carbocycles. The molecule has 0 aliphatic rings. The molecule has 2 aromatic rings. The third kappa shape index (κ3) is 7.33. The number of hydrogen-bond donors (Lipinski definition) is 0. The maximum atomic E-state index is 10.6. The summed E-state index contributed by atoms with van der Waals surface area (Å²) in [6, 6.07) is 14.6. The molecule has 2 rings (SSSR count). The second-order valence-corrected chi connectivity index (χ2v) is 7.36. The van der Waals surface area contributed by atoms with Crippen molar-refractivity contribution in [3.63, 3.8) is 0 Å². The highest BCUT2D eigenvalue weighted by molar-refractivity contribution is 7.99. The number of rotatable bonds is 9. The van der Waals surface area contributed by atoms with Crippen LogP contribution in [0.15, 0.2) is 53.4 Å². The Morgan fingerprint density at radius 2 is 1.38 bits per heavy atom. The molecule has 0 fully saturated rings. The number of thioether (sulfide) groups is 1. The zero-order valence-electron chi connectivity index (χ0n) is 15.2. The zero-order valence-corrected chi connectivity index (χ0v) is 16.1. The van der Waals surface area contributed by atoms with Crippen LogP contribution in [0.2, 0.25) is 0 Å². The summed E-state index contributed by atoms with van der Waals surface area (Å²) in [4.78, 5) is 11.5. The largest absolute Gasteiger partial charge is 0.269 e. The molecule has 2 aromatic carbocycles. The molecule has 0 bridgehead atoms. The summed E-state index contributed by atoms with van der Waals surface area (Å²) in [6.07, 6.45) is 7.97. The van der Waals surface area contributed by atoms with Gasteiger partial charge in [0.05, 0.1) is 4.92 Å². The molecule has 0 heterocycles. The van der Waals surface area contributed by atoms with Crippen molar-refractivity contribution in [1.82, 2.24) is 0 Å². The van der Waals surface area contributed by atoms with E-state index in [1.165, 1.54) is 61.3 Å². The molecule has 0 unspecified atom stereocenters. The van der Waals surface area contributed by atoms with E-state index in [4.69, 9.17) is 0 Å². The van der Waals surface area contributed by atoms with Crippen molar-refractivity contribution in [3.8, 4) is 11.8 Å². The Morgan fingerprint density at radius 3 is 1.96 bits per heavy atom. The van der Waals surface area contributed by atoms with Crippen LogP contribution >= 0.6 is 11.8 Å². The summed E-state index contributed by atoms with van der Waals surface area (Å²) in [6.45, 7) is 2.25. The third-order valence-corrected chi connectivity index (χ3v) is 5.15. The van der Waals surface area contributed by atoms with E-state index in [1.54, 1.807) is 12.1 Å². The Hall–Kier alpha value is -2.25. The van der Waals surface area contributed by atoms with Gasteiger partial charge in [-0.15, -0.1) is 11.8 Å². The van der Waals surface area contributed by atoms with E-state index >= 15 is 0 Å². The molecular weight excluding hydrogens is 342 g/mol. The first kappa shape index (κ1) is 20.1. The lowest BCUT2D eigenvalue weighted by atomic mass is 10.1. The second kappa shape index (κ2) is 11.4. The molecule has 0 amide bonds. The van der Waals surface area contributed by atoms with Gasteiger partial charge in [-0.2, -0.15) is 0 Å². The van der Waals surface area contributed by atoms with Crippen molar-refractivity contribution in [2.75, 3.05) is 5.75 Å². The first-order valence-corrected chi connectivity index (χ1v) is 10.2. The number of nitro groups is 1. The summed E-state index contributed by atoms with van der Waals surface area (Å²) < 4.78 is 0. The second-order valence-electron chi connectivity index (χ2n) is 6.19. The predicted octanol–water partition coefficient (Wildman–Crippen LogP) is 6.45. The van der Waals surface area contributed by atoms with Crippen molar-refractivity contribution in [3.05, 3.63) is 69.8 Å². The number of non-ortho nitro benzene ring substituents is 1. The lowest BCUT2D eigenvalue weighted by molar-refractivity contribution is -0.384. The van der Waals surface area contributed by atoms with Crippen LogP contribution in [0.25, 0.3) is 0 Å². The highest BCUT2D eigenvalue weighted by atomic mass is 32.2. The summed E-state index contributed by atoms with van der Waals surface area (Å²) >= 11 is 1.90. The van der Waals surface area contributed by atoms with Gasteiger partial charge < -0.3 is 0 Å². The van der Waals surface area contributed by atoms with Gasteiger partial charge in [-0.1, -0.05) is 50.9 Å². The number of unbranched alkanes of at least 4 members (excludes halogenated alkanes) is 5. The average Bonchev–Trinajstić information content (AvgIpc) is 2.67. The highest BCUT2D eigenvalue weighted by Crippen LogP contribution is 2.20. The molecule has 3 nitrogen and oxygen atoms in total. The quantitative estimate of drug-likeness (QED) is 0.168. The van der Waals surface area contributed by atoms with Crippen LogP contribution in [-0.4, -0.2) is 10.7 Å². The molecule has 0 atom stereocenters. The maximum Gasteiger partial charge on any atom is 0.269 e. The van der Waals surface area contributed by atoms with E-state index in [1.807, 2.05) is 23.9 Å². The van der Waals surface area contributed by atoms with E-state index in [2.05, 4.69) is 30.9 Å². The standard InChI is InChI=1S/C22H25NO2S/c1-2-3-4-5-6-7-18-26-22-16-12-20(13-17-22)9-8-19-10-14-21(15-11-19)23(24)25/h10-17H,2-7,18H2,1H3. The summed E-state index contributed by atoms with van der Waals surface area (Å²) in [5.74, 6) is 7.31. The van der Waals surface area contributed by atoms with E-state index < -0.39 is 4.92 Å². The molecule has 0 aromatic heterocycles. The molecule has 4 heteroatoms. The van der Waals surface area contributed by atoms with Gasteiger partial charge >= 0.3 is 0 Å². The van der Waals surface area contributed by atoms with Gasteiger partial charge in [0.1, 0.15) is 0 Å². The molecular formula is C22H25NO2S. The van der Waals surface area contributed by atoms with Gasteiger partial charge in [0.15, 0.2) is 0 Å².